The summed E-state index contributed by atoms with van der Waals surface area (Å²) >= 11 is 0. The molecule has 0 bridgehead atoms. The average molecular weight is 280 g/mol. The van der Waals surface area contributed by atoms with Crippen molar-refractivity contribution in [3.8, 4) is 0 Å². The molecular weight excluding hydrogens is 262 g/mol. The maximum absolute atomic E-state index is 12.4. The highest BCUT2D eigenvalue weighted by atomic mass is 16.2. The van der Waals surface area contributed by atoms with E-state index >= 15 is 0 Å². The van der Waals surface area contributed by atoms with E-state index in [0.29, 0.717) is 5.56 Å². The van der Waals surface area contributed by atoms with Gasteiger partial charge < -0.3 is 0 Å². The highest BCUT2D eigenvalue weighted by molar-refractivity contribution is 6.00. The van der Waals surface area contributed by atoms with Crippen LogP contribution in [-0.2, 0) is 6.54 Å². The first-order valence-electron chi connectivity index (χ1n) is 7.08. The average Bonchev–Trinajstić information content (AvgIpc) is 2.80. The highest BCUT2D eigenvalue weighted by Crippen LogP contribution is 2.13. The summed E-state index contributed by atoms with van der Waals surface area (Å²) in [6, 6.07) is 17.3. The van der Waals surface area contributed by atoms with E-state index in [1.807, 2.05) is 60.1 Å². The molecule has 106 valence electrons. The van der Waals surface area contributed by atoms with Crippen LogP contribution in [0.2, 0.25) is 0 Å². The molecule has 1 N–H and O–H groups in total. The minimum absolute atomic E-state index is 0.109. The molecule has 21 heavy (non-hydrogen) atoms. The van der Waals surface area contributed by atoms with Crippen LogP contribution in [0.1, 0.15) is 23.1 Å². The standard InChI is InChI=1S/C17H17N3O/c1-3-19-13(2)20(16-12-8-7-11-15(16)19)18-17(21)14-9-5-4-6-10-14/h4-12H,3H2,1-2H3/p+1. The van der Waals surface area contributed by atoms with E-state index in [-0.39, 0.29) is 5.91 Å². The van der Waals surface area contributed by atoms with E-state index in [1.54, 1.807) is 0 Å². The molecule has 1 amide bonds. The lowest BCUT2D eigenvalue weighted by molar-refractivity contribution is -0.674. The minimum Gasteiger partial charge on any atom is -0.266 e. The summed E-state index contributed by atoms with van der Waals surface area (Å²) in [5, 5.41) is 0. The minimum atomic E-state index is -0.109. The van der Waals surface area contributed by atoms with Crippen molar-refractivity contribution in [1.29, 1.82) is 0 Å². The summed E-state index contributed by atoms with van der Waals surface area (Å²) in [5.74, 6) is 0.894. The molecule has 1 heterocycles. The van der Waals surface area contributed by atoms with Gasteiger partial charge in [-0.25, -0.2) is 4.57 Å². The summed E-state index contributed by atoms with van der Waals surface area (Å²) in [6.45, 7) is 4.97. The molecule has 3 aromatic rings. The van der Waals surface area contributed by atoms with E-state index < -0.39 is 0 Å². The summed E-state index contributed by atoms with van der Waals surface area (Å²) < 4.78 is 4.04. The Kier molecular flexibility index (Phi) is 3.44. The van der Waals surface area contributed by atoms with Gasteiger partial charge in [0.2, 0.25) is 0 Å². The van der Waals surface area contributed by atoms with Crippen LogP contribution >= 0.6 is 0 Å². The molecule has 1 aromatic heterocycles. The second-order valence-electron chi connectivity index (χ2n) is 4.92. The van der Waals surface area contributed by atoms with Crippen LogP contribution < -0.4 is 9.99 Å². The van der Waals surface area contributed by atoms with Gasteiger partial charge in [0, 0.05) is 12.5 Å². The van der Waals surface area contributed by atoms with Gasteiger partial charge >= 0.3 is 0 Å². The van der Waals surface area contributed by atoms with Gasteiger partial charge in [0.15, 0.2) is 11.0 Å². The molecule has 0 saturated carbocycles. The number of rotatable bonds is 3. The third-order valence-corrected chi connectivity index (χ3v) is 3.69. The van der Waals surface area contributed by atoms with Crippen LogP contribution in [0, 0.1) is 6.92 Å². The number of aryl methyl sites for hydroxylation is 1. The van der Waals surface area contributed by atoms with Gasteiger partial charge in [-0.2, -0.15) is 5.43 Å². The molecular formula is C17H18N3O+. The highest BCUT2D eigenvalue weighted by Gasteiger charge is 2.22. The number of hydrogen-bond acceptors (Lipinski definition) is 1. The number of benzene rings is 2. The fourth-order valence-corrected chi connectivity index (χ4v) is 2.65. The van der Waals surface area contributed by atoms with E-state index in [0.717, 1.165) is 23.4 Å². The molecule has 4 heteroatoms. The Bertz CT molecular complexity index is 790. The zero-order valence-corrected chi connectivity index (χ0v) is 12.2. The molecule has 2 aromatic carbocycles. The van der Waals surface area contributed by atoms with Gasteiger partial charge in [0.1, 0.15) is 0 Å². The molecule has 0 saturated heterocycles. The monoisotopic (exact) mass is 280 g/mol. The van der Waals surface area contributed by atoms with Crippen molar-refractivity contribution in [3.05, 3.63) is 66.0 Å². The van der Waals surface area contributed by atoms with E-state index in [4.69, 9.17) is 0 Å². The van der Waals surface area contributed by atoms with Crippen molar-refractivity contribution in [2.75, 3.05) is 5.43 Å². The molecule has 0 fully saturated rings. The number of nitrogens with zero attached hydrogens (tertiary/aromatic N) is 2. The molecule has 0 aliphatic carbocycles. The number of hydrogen-bond donors (Lipinski definition) is 1. The number of carbonyl (C=O) groups excluding carboxylic acids is 1. The van der Waals surface area contributed by atoms with Crippen molar-refractivity contribution < 1.29 is 9.36 Å². The number of nitrogens with one attached hydrogen (secondary N) is 1. The van der Waals surface area contributed by atoms with E-state index in [2.05, 4.69) is 23.0 Å². The van der Waals surface area contributed by atoms with Gasteiger partial charge in [-0.15, -0.1) is 4.68 Å². The Morgan fingerprint density at radius 1 is 1.10 bits per heavy atom. The number of carbonyl (C=O) groups is 1. The third-order valence-electron chi connectivity index (χ3n) is 3.69. The molecule has 0 spiro atoms. The smallest absolute Gasteiger partial charge is 0.266 e. The van der Waals surface area contributed by atoms with E-state index in [9.17, 15) is 4.79 Å². The number of para-hydroxylation sites is 2. The van der Waals surface area contributed by atoms with Crippen LogP contribution in [0.4, 0.5) is 0 Å². The van der Waals surface area contributed by atoms with Crippen LogP contribution in [0.3, 0.4) is 0 Å². The fraction of sp³-hybridized carbons (Fsp3) is 0.176. The van der Waals surface area contributed by atoms with Crippen LogP contribution in [-0.4, -0.2) is 10.6 Å². The van der Waals surface area contributed by atoms with Crippen molar-refractivity contribution in [3.63, 3.8) is 0 Å². The molecule has 0 unspecified atom stereocenters. The largest absolute Gasteiger partial charge is 0.286 e. The van der Waals surface area contributed by atoms with Crippen molar-refractivity contribution in [1.82, 2.24) is 4.68 Å². The summed E-state index contributed by atoms with van der Waals surface area (Å²) in [6.07, 6.45) is 0. The quantitative estimate of drug-likeness (QED) is 0.736. The fourth-order valence-electron chi connectivity index (χ4n) is 2.65. The van der Waals surface area contributed by atoms with E-state index in [1.165, 1.54) is 0 Å². The lowest BCUT2D eigenvalue weighted by Crippen LogP contribution is -2.36. The second-order valence-corrected chi connectivity index (χ2v) is 4.92. The lowest BCUT2D eigenvalue weighted by atomic mass is 10.2. The first kappa shape index (κ1) is 13.4. The number of aromatic nitrogens is 2. The van der Waals surface area contributed by atoms with Crippen molar-refractivity contribution in [2.45, 2.75) is 20.4 Å². The topological polar surface area (TPSA) is 37.9 Å². The van der Waals surface area contributed by atoms with Gasteiger partial charge in [0.05, 0.1) is 6.54 Å². The molecule has 0 aliphatic heterocycles. The SMILES string of the molecule is CC[n+]1c(C)n(NC(=O)c2ccccc2)c2ccccc21. The number of imidazole rings is 1. The first-order chi connectivity index (χ1) is 10.2. The Balaban J connectivity index is 2.05. The molecule has 3 rings (SSSR count). The predicted molar refractivity (Wildman–Crippen MR) is 82.7 cm³/mol. The normalized spacial score (nSPS) is 10.8. The van der Waals surface area contributed by atoms with Gasteiger partial charge in [0.25, 0.3) is 11.7 Å². The van der Waals surface area contributed by atoms with Gasteiger partial charge in [-0.3, -0.25) is 4.79 Å². The van der Waals surface area contributed by atoms with Crippen LogP contribution in [0.5, 0.6) is 0 Å². The Labute approximate surface area is 123 Å². The summed E-state index contributed by atoms with van der Waals surface area (Å²) in [7, 11) is 0. The van der Waals surface area contributed by atoms with Crippen molar-refractivity contribution >= 4 is 16.9 Å². The predicted octanol–water partition coefficient (Wildman–Crippen LogP) is 2.64. The molecule has 4 nitrogen and oxygen atoms in total. The zero-order chi connectivity index (χ0) is 14.8. The zero-order valence-electron chi connectivity index (χ0n) is 12.2. The maximum Gasteiger partial charge on any atom is 0.286 e. The molecule has 0 aliphatic rings. The summed E-state index contributed by atoms with van der Waals surface area (Å²) in [4.78, 5) is 12.4. The molecule has 0 atom stereocenters. The Morgan fingerprint density at radius 3 is 2.48 bits per heavy atom. The van der Waals surface area contributed by atoms with Crippen LogP contribution in [0.25, 0.3) is 11.0 Å². The third kappa shape index (κ3) is 2.29. The second kappa shape index (κ2) is 5.40. The van der Waals surface area contributed by atoms with Crippen LogP contribution in [0.15, 0.2) is 54.6 Å². The van der Waals surface area contributed by atoms with Gasteiger partial charge in [-0.05, 0) is 31.2 Å². The maximum atomic E-state index is 12.4. The molecule has 0 radical (unpaired) electrons. The van der Waals surface area contributed by atoms with Crippen molar-refractivity contribution in [2.24, 2.45) is 0 Å². The number of fused-ring (bicyclic) bond motifs is 1. The summed E-state index contributed by atoms with van der Waals surface area (Å²) in [5.41, 5.74) is 5.75. The Hall–Kier alpha value is -2.62. The number of amides is 1. The Morgan fingerprint density at radius 2 is 1.76 bits per heavy atom. The first-order valence-corrected chi connectivity index (χ1v) is 7.08. The lowest BCUT2D eigenvalue weighted by Gasteiger charge is -2.03. The van der Waals surface area contributed by atoms with Gasteiger partial charge in [-0.1, -0.05) is 30.3 Å².